The summed E-state index contributed by atoms with van der Waals surface area (Å²) in [5, 5.41) is 13.4. The van der Waals surface area contributed by atoms with Crippen molar-refractivity contribution in [3.63, 3.8) is 0 Å². The Kier molecular flexibility index (Phi) is 3.97. The van der Waals surface area contributed by atoms with Crippen LogP contribution in [0.15, 0.2) is 17.5 Å². The maximum Gasteiger partial charge on any atom is 0.328 e. The highest BCUT2D eigenvalue weighted by Gasteiger charge is 2.68. The molecule has 0 spiro atoms. The van der Waals surface area contributed by atoms with E-state index in [9.17, 15) is 9.59 Å². The highest BCUT2D eigenvalue weighted by Crippen LogP contribution is 2.68. The largest absolute Gasteiger partial charge is 0.478 e. The molecule has 1 amide bonds. The summed E-state index contributed by atoms with van der Waals surface area (Å²) in [6, 6.07) is 1.90. The Morgan fingerprint density at radius 1 is 1.33 bits per heavy atom. The number of carbonyl (C=O) groups is 2. The van der Waals surface area contributed by atoms with Crippen LogP contribution in [-0.4, -0.2) is 17.0 Å². The Bertz CT molecular complexity index is 584. The maximum atomic E-state index is 12.2. The van der Waals surface area contributed by atoms with Crippen LogP contribution in [0.1, 0.15) is 38.1 Å². The number of carboxylic acid groups (broad SMARTS) is 1. The number of hydrogen-bond donors (Lipinski definition) is 2. The highest BCUT2D eigenvalue weighted by atomic mass is 32.1. The fourth-order valence-corrected chi connectivity index (χ4v) is 3.67. The fourth-order valence-electron chi connectivity index (χ4n) is 2.87. The second-order valence-electron chi connectivity index (χ2n) is 6.61. The molecule has 1 saturated carbocycles. The fraction of sp³-hybridized carbons (Fsp3) is 0.500. The summed E-state index contributed by atoms with van der Waals surface area (Å²) in [4.78, 5) is 23.7. The van der Waals surface area contributed by atoms with Gasteiger partial charge < -0.3 is 10.4 Å². The van der Waals surface area contributed by atoms with Gasteiger partial charge in [-0.1, -0.05) is 27.7 Å². The molecule has 0 saturated heterocycles. The van der Waals surface area contributed by atoms with E-state index in [4.69, 9.17) is 5.11 Å². The maximum absolute atomic E-state index is 12.2. The van der Waals surface area contributed by atoms with Gasteiger partial charge in [-0.05, 0) is 33.9 Å². The monoisotopic (exact) mass is 307 g/mol. The predicted octanol–water partition coefficient (Wildman–Crippen LogP) is 3.14. The van der Waals surface area contributed by atoms with E-state index in [0.717, 1.165) is 16.5 Å². The van der Waals surface area contributed by atoms with Crippen LogP contribution in [0.5, 0.6) is 0 Å². The first-order chi connectivity index (χ1) is 9.66. The first-order valence-corrected chi connectivity index (χ1v) is 7.80. The van der Waals surface area contributed by atoms with Gasteiger partial charge in [0.05, 0.1) is 6.54 Å². The summed E-state index contributed by atoms with van der Waals surface area (Å²) in [6.07, 6.45) is 2.66. The first-order valence-electron chi connectivity index (χ1n) is 6.92. The molecular weight excluding hydrogens is 286 g/mol. The molecule has 1 aromatic rings. The molecule has 0 aliphatic heterocycles. The summed E-state index contributed by atoms with van der Waals surface area (Å²) >= 11 is 1.52. The molecule has 21 heavy (non-hydrogen) atoms. The van der Waals surface area contributed by atoms with Crippen LogP contribution in [0.25, 0.3) is 6.08 Å². The molecule has 2 N–H and O–H groups in total. The van der Waals surface area contributed by atoms with Gasteiger partial charge in [0.15, 0.2) is 0 Å². The number of thiophene rings is 1. The van der Waals surface area contributed by atoms with Crippen LogP contribution in [0.2, 0.25) is 0 Å². The van der Waals surface area contributed by atoms with Gasteiger partial charge in [0.25, 0.3) is 0 Å². The second-order valence-corrected chi connectivity index (χ2v) is 7.61. The SMILES string of the molecule is CC1(C)C(C(=O)NCc2cc(C=CC(=O)O)cs2)C1(C)C. The lowest BCUT2D eigenvalue weighted by Gasteiger charge is -2.04. The second kappa shape index (κ2) is 5.30. The molecule has 0 atom stereocenters. The van der Waals surface area contributed by atoms with Crippen molar-refractivity contribution < 1.29 is 14.7 Å². The Morgan fingerprint density at radius 2 is 1.95 bits per heavy atom. The third kappa shape index (κ3) is 3.02. The molecule has 1 fully saturated rings. The van der Waals surface area contributed by atoms with Crippen molar-refractivity contribution >= 4 is 29.3 Å². The smallest absolute Gasteiger partial charge is 0.328 e. The van der Waals surface area contributed by atoms with Crippen LogP contribution in [0.3, 0.4) is 0 Å². The first kappa shape index (κ1) is 15.8. The average molecular weight is 307 g/mol. The number of carboxylic acids is 1. The van der Waals surface area contributed by atoms with Crippen molar-refractivity contribution in [3.8, 4) is 0 Å². The molecule has 1 aliphatic rings. The van der Waals surface area contributed by atoms with E-state index in [-0.39, 0.29) is 22.7 Å². The third-order valence-electron chi connectivity index (χ3n) is 4.81. The Morgan fingerprint density at radius 3 is 2.48 bits per heavy atom. The topological polar surface area (TPSA) is 66.4 Å². The van der Waals surface area contributed by atoms with Gasteiger partial charge >= 0.3 is 5.97 Å². The Labute approximate surface area is 128 Å². The van der Waals surface area contributed by atoms with Gasteiger partial charge in [-0.15, -0.1) is 11.3 Å². The highest BCUT2D eigenvalue weighted by molar-refractivity contribution is 7.10. The molecule has 5 heteroatoms. The number of rotatable bonds is 5. The zero-order chi connectivity index (χ0) is 15.8. The molecule has 114 valence electrons. The molecule has 1 aromatic heterocycles. The average Bonchev–Trinajstić information content (AvgIpc) is 2.71. The standard InChI is InChI=1S/C16H21NO3S/c1-15(2)13(16(15,3)4)14(20)17-8-11-7-10(9-21-11)5-6-12(18)19/h5-7,9,13H,8H2,1-4H3,(H,17,20)(H,18,19). The van der Waals surface area contributed by atoms with Crippen molar-refractivity contribution in [3.05, 3.63) is 28.0 Å². The van der Waals surface area contributed by atoms with Gasteiger partial charge in [-0.25, -0.2) is 4.79 Å². The van der Waals surface area contributed by atoms with Gasteiger partial charge in [0, 0.05) is 16.9 Å². The molecule has 1 aliphatic carbocycles. The number of aliphatic carboxylic acids is 1. The number of amides is 1. The van der Waals surface area contributed by atoms with Crippen molar-refractivity contribution in [2.45, 2.75) is 34.2 Å². The number of carbonyl (C=O) groups excluding carboxylic acids is 1. The lowest BCUT2D eigenvalue weighted by Crippen LogP contribution is -2.26. The number of hydrogen-bond acceptors (Lipinski definition) is 3. The summed E-state index contributed by atoms with van der Waals surface area (Å²) in [5.41, 5.74) is 0.933. The van der Waals surface area contributed by atoms with E-state index < -0.39 is 5.97 Å². The van der Waals surface area contributed by atoms with E-state index in [2.05, 4.69) is 33.0 Å². The van der Waals surface area contributed by atoms with E-state index in [1.54, 1.807) is 6.08 Å². The van der Waals surface area contributed by atoms with Crippen LogP contribution in [0, 0.1) is 16.7 Å². The van der Waals surface area contributed by atoms with Crippen molar-refractivity contribution in [1.82, 2.24) is 5.32 Å². The van der Waals surface area contributed by atoms with Crippen LogP contribution in [0.4, 0.5) is 0 Å². The van der Waals surface area contributed by atoms with Gasteiger partial charge in [0.1, 0.15) is 0 Å². The molecule has 2 rings (SSSR count). The predicted molar refractivity (Wildman–Crippen MR) is 83.9 cm³/mol. The van der Waals surface area contributed by atoms with Crippen molar-refractivity contribution in [2.24, 2.45) is 16.7 Å². The van der Waals surface area contributed by atoms with Crippen LogP contribution in [-0.2, 0) is 16.1 Å². The molecule has 0 aromatic carbocycles. The summed E-state index contributed by atoms with van der Waals surface area (Å²) < 4.78 is 0. The van der Waals surface area contributed by atoms with E-state index >= 15 is 0 Å². The normalized spacial score (nSPS) is 19.6. The molecule has 1 heterocycles. The molecular formula is C16H21NO3S. The van der Waals surface area contributed by atoms with Gasteiger partial charge in [-0.3, -0.25) is 4.79 Å². The van der Waals surface area contributed by atoms with Crippen LogP contribution < -0.4 is 5.32 Å². The zero-order valence-electron chi connectivity index (χ0n) is 12.8. The third-order valence-corrected chi connectivity index (χ3v) is 5.77. The molecule has 0 bridgehead atoms. The summed E-state index contributed by atoms with van der Waals surface area (Å²) in [5.74, 6) is -0.813. The quantitative estimate of drug-likeness (QED) is 0.821. The Balaban J connectivity index is 1.90. The van der Waals surface area contributed by atoms with E-state index in [1.807, 2.05) is 11.4 Å². The molecule has 4 nitrogen and oxygen atoms in total. The van der Waals surface area contributed by atoms with Crippen molar-refractivity contribution in [2.75, 3.05) is 0 Å². The van der Waals surface area contributed by atoms with Gasteiger partial charge in [0.2, 0.25) is 5.91 Å². The Hall–Kier alpha value is -1.62. The minimum Gasteiger partial charge on any atom is -0.478 e. The number of nitrogens with one attached hydrogen (secondary N) is 1. The minimum atomic E-state index is -0.964. The van der Waals surface area contributed by atoms with Crippen LogP contribution >= 0.6 is 11.3 Å². The van der Waals surface area contributed by atoms with E-state index in [1.165, 1.54) is 11.3 Å². The summed E-state index contributed by atoms with van der Waals surface area (Å²) in [6.45, 7) is 8.98. The lowest BCUT2D eigenvalue weighted by atomic mass is 10.0. The lowest BCUT2D eigenvalue weighted by molar-refractivity contribution is -0.131. The van der Waals surface area contributed by atoms with Gasteiger partial charge in [-0.2, -0.15) is 0 Å². The molecule has 0 unspecified atom stereocenters. The molecule has 0 radical (unpaired) electrons. The minimum absolute atomic E-state index is 0.0436. The van der Waals surface area contributed by atoms with E-state index in [0.29, 0.717) is 6.54 Å². The summed E-state index contributed by atoms with van der Waals surface area (Å²) in [7, 11) is 0. The van der Waals surface area contributed by atoms with Crippen molar-refractivity contribution in [1.29, 1.82) is 0 Å². The zero-order valence-corrected chi connectivity index (χ0v) is 13.6.